The highest BCUT2D eigenvalue weighted by molar-refractivity contribution is 7.11. The Morgan fingerprint density at radius 1 is 1.09 bits per heavy atom. The van der Waals surface area contributed by atoms with Crippen molar-refractivity contribution in [1.82, 2.24) is 15.6 Å². The number of aliphatic carboxylic acids is 1. The predicted octanol–water partition coefficient (Wildman–Crippen LogP) is 4.23. The second kappa shape index (κ2) is 9.14. The number of fused-ring (bicyclic) bond motifs is 3. The number of carbonyl (C=O) groups is 3. The number of nitrogens with one attached hydrogen (secondary N) is 2. The third kappa shape index (κ3) is 4.27. The van der Waals surface area contributed by atoms with Crippen LogP contribution in [-0.2, 0) is 16.1 Å². The van der Waals surface area contributed by atoms with Crippen LogP contribution in [-0.4, -0.2) is 40.2 Å². The summed E-state index contributed by atoms with van der Waals surface area (Å²) in [5, 5.41) is 15.3. The molecule has 1 fully saturated rings. The summed E-state index contributed by atoms with van der Waals surface area (Å²) >= 11 is 1.28. The molecule has 5 rings (SSSR count). The third-order valence-corrected chi connectivity index (χ3v) is 7.72. The minimum Gasteiger partial charge on any atom is -0.480 e. The molecule has 180 valence electrons. The maximum atomic E-state index is 12.6. The van der Waals surface area contributed by atoms with Gasteiger partial charge < -0.3 is 20.5 Å². The zero-order valence-electron chi connectivity index (χ0n) is 19.2. The second-order valence-electron chi connectivity index (χ2n) is 8.89. The Morgan fingerprint density at radius 3 is 2.29 bits per heavy atom. The molecule has 2 aliphatic carbocycles. The average molecular weight is 492 g/mol. The Kier molecular flexibility index (Phi) is 6.02. The van der Waals surface area contributed by atoms with E-state index in [9.17, 15) is 19.5 Å². The summed E-state index contributed by atoms with van der Waals surface area (Å²) in [6.07, 6.45) is 1.02. The molecule has 0 saturated heterocycles. The molecule has 35 heavy (non-hydrogen) atoms. The van der Waals surface area contributed by atoms with Gasteiger partial charge in [0.25, 0.3) is 5.91 Å². The molecule has 0 bridgehead atoms. The monoisotopic (exact) mass is 491 g/mol. The van der Waals surface area contributed by atoms with Crippen LogP contribution in [0.15, 0.2) is 48.5 Å². The molecule has 8 nitrogen and oxygen atoms in total. The number of aryl methyl sites for hydroxylation is 1. The van der Waals surface area contributed by atoms with Crippen LogP contribution in [0.25, 0.3) is 11.1 Å². The molecule has 3 N–H and O–H groups in total. The Labute approximate surface area is 206 Å². The molecule has 1 aromatic heterocycles. The number of aromatic nitrogens is 1. The first-order valence-corrected chi connectivity index (χ1v) is 12.3. The molecular weight excluding hydrogens is 466 g/mol. The molecule has 0 radical (unpaired) electrons. The molecule has 2 aliphatic rings. The Bertz CT molecular complexity index is 1270. The second-order valence-corrected chi connectivity index (χ2v) is 10.2. The fourth-order valence-electron chi connectivity index (χ4n) is 4.73. The van der Waals surface area contributed by atoms with Gasteiger partial charge in [-0.05, 0) is 48.4 Å². The number of hydrogen-bond acceptors (Lipinski definition) is 6. The summed E-state index contributed by atoms with van der Waals surface area (Å²) in [7, 11) is 0. The Hall–Kier alpha value is -3.72. The minimum atomic E-state index is -1.20. The van der Waals surface area contributed by atoms with Gasteiger partial charge in [-0.25, -0.2) is 14.6 Å². The van der Waals surface area contributed by atoms with Crippen LogP contribution < -0.4 is 10.6 Å². The molecule has 0 atom stereocenters. The minimum absolute atomic E-state index is 0.0291. The first-order valence-electron chi connectivity index (χ1n) is 11.5. The summed E-state index contributed by atoms with van der Waals surface area (Å²) in [5.74, 6) is -1.56. The first-order chi connectivity index (χ1) is 16.9. The zero-order valence-corrected chi connectivity index (χ0v) is 20.0. The highest BCUT2D eigenvalue weighted by Crippen LogP contribution is 2.44. The molecule has 2 aromatic carbocycles. The maximum absolute atomic E-state index is 12.6. The van der Waals surface area contributed by atoms with E-state index in [4.69, 9.17) is 4.74 Å². The highest BCUT2D eigenvalue weighted by atomic mass is 32.1. The SMILES string of the molecule is Cc1sc(CNC(=O)OCC2c3ccccc3-c3ccccc32)nc1C(=O)NC1(C(=O)O)CCC1. The van der Waals surface area contributed by atoms with Crippen molar-refractivity contribution in [1.29, 1.82) is 0 Å². The van der Waals surface area contributed by atoms with Crippen LogP contribution in [0.3, 0.4) is 0 Å². The summed E-state index contributed by atoms with van der Waals surface area (Å²) < 4.78 is 5.54. The summed E-state index contributed by atoms with van der Waals surface area (Å²) in [4.78, 5) is 41.6. The molecule has 3 aromatic rings. The van der Waals surface area contributed by atoms with Crippen molar-refractivity contribution in [3.05, 3.63) is 75.2 Å². The van der Waals surface area contributed by atoms with Crippen LogP contribution in [0.2, 0.25) is 0 Å². The van der Waals surface area contributed by atoms with Gasteiger partial charge in [0.15, 0.2) is 0 Å². The summed E-state index contributed by atoms with van der Waals surface area (Å²) in [6.45, 7) is 2.07. The van der Waals surface area contributed by atoms with E-state index in [1.54, 1.807) is 6.92 Å². The smallest absolute Gasteiger partial charge is 0.407 e. The number of carboxylic acid groups (broad SMARTS) is 1. The number of amides is 2. The molecular formula is C26H25N3O5S. The van der Waals surface area contributed by atoms with E-state index < -0.39 is 23.5 Å². The number of nitrogens with zero attached hydrogens (tertiary/aromatic N) is 1. The number of alkyl carbamates (subject to hydrolysis) is 1. The Morgan fingerprint density at radius 2 is 1.71 bits per heavy atom. The number of benzene rings is 2. The van der Waals surface area contributed by atoms with E-state index in [0.29, 0.717) is 22.7 Å². The lowest BCUT2D eigenvalue weighted by Gasteiger charge is -2.38. The fourth-order valence-corrected chi connectivity index (χ4v) is 5.60. The molecule has 0 aliphatic heterocycles. The lowest BCUT2D eigenvalue weighted by molar-refractivity contribution is -0.148. The number of carbonyl (C=O) groups excluding carboxylic acids is 2. The maximum Gasteiger partial charge on any atom is 0.407 e. The van der Waals surface area contributed by atoms with E-state index in [-0.39, 0.29) is 24.8 Å². The molecule has 1 saturated carbocycles. The Balaban J connectivity index is 1.18. The van der Waals surface area contributed by atoms with Crippen LogP contribution in [0.1, 0.15) is 56.7 Å². The van der Waals surface area contributed by atoms with Gasteiger partial charge in [0.1, 0.15) is 22.8 Å². The first kappa shape index (κ1) is 23.0. The van der Waals surface area contributed by atoms with Crippen molar-refractivity contribution < 1.29 is 24.2 Å². The normalized spacial score (nSPS) is 15.5. The quantitative estimate of drug-likeness (QED) is 0.455. The van der Waals surface area contributed by atoms with E-state index in [1.807, 2.05) is 24.3 Å². The van der Waals surface area contributed by atoms with E-state index >= 15 is 0 Å². The van der Waals surface area contributed by atoms with Crippen molar-refractivity contribution in [2.24, 2.45) is 0 Å². The molecule has 0 unspecified atom stereocenters. The van der Waals surface area contributed by atoms with Crippen molar-refractivity contribution in [3.63, 3.8) is 0 Å². The number of hydrogen-bond donors (Lipinski definition) is 3. The highest BCUT2D eigenvalue weighted by Gasteiger charge is 2.46. The standard InChI is InChI=1S/C26H25N3O5S/c1-15-22(23(30)29-26(24(31)32)11-6-12-26)28-21(35-15)13-27-25(33)34-14-20-18-9-4-2-7-16(18)17-8-3-5-10-19(17)20/h2-5,7-10,20H,6,11-14H2,1H3,(H,27,33)(H,29,30)(H,31,32). The topological polar surface area (TPSA) is 118 Å². The van der Waals surface area contributed by atoms with Gasteiger partial charge in [-0.3, -0.25) is 4.79 Å². The summed E-state index contributed by atoms with van der Waals surface area (Å²) in [6, 6.07) is 16.3. The van der Waals surface area contributed by atoms with Crippen molar-refractivity contribution in [2.75, 3.05) is 6.61 Å². The molecule has 1 heterocycles. The number of rotatable bonds is 7. The van der Waals surface area contributed by atoms with E-state index in [0.717, 1.165) is 28.7 Å². The van der Waals surface area contributed by atoms with Gasteiger partial charge in [-0.2, -0.15) is 0 Å². The van der Waals surface area contributed by atoms with Crippen LogP contribution in [0.4, 0.5) is 4.79 Å². The van der Waals surface area contributed by atoms with Gasteiger partial charge in [0, 0.05) is 10.8 Å². The fraction of sp³-hybridized carbons (Fsp3) is 0.308. The van der Waals surface area contributed by atoms with E-state index in [2.05, 4.69) is 39.9 Å². The van der Waals surface area contributed by atoms with Gasteiger partial charge in [0.05, 0.1) is 6.54 Å². The summed E-state index contributed by atoms with van der Waals surface area (Å²) in [5.41, 5.74) is 3.58. The molecule has 0 spiro atoms. The number of ether oxygens (including phenoxy) is 1. The van der Waals surface area contributed by atoms with Gasteiger partial charge in [0.2, 0.25) is 0 Å². The van der Waals surface area contributed by atoms with Gasteiger partial charge >= 0.3 is 12.1 Å². The zero-order chi connectivity index (χ0) is 24.6. The van der Waals surface area contributed by atoms with Crippen molar-refractivity contribution >= 4 is 29.3 Å². The molecule has 2 amide bonds. The average Bonchev–Trinajstić information content (AvgIpc) is 3.36. The van der Waals surface area contributed by atoms with Gasteiger partial charge in [-0.15, -0.1) is 11.3 Å². The van der Waals surface area contributed by atoms with Crippen LogP contribution in [0.5, 0.6) is 0 Å². The third-order valence-electron chi connectivity index (χ3n) is 6.75. The van der Waals surface area contributed by atoms with Crippen molar-refractivity contribution in [3.8, 4) is 11.1 Å². The van der Waals surface area contributed by atoms with E-state index in [1.165, 1.54) is 11.3 Å². The lowest BCUT2D eigenvalue weighted by atomic mass is 9.76. The predicted molar refractivity (Wildman–Crippen MR) is 130 cm³/mol. The van der Waals surface area contributed by atoms with Crippen LogP contribution >= 0.6 is 11.3 Å². The van der Waals surface area contributed by atoms with Crippen LogP contribution in [0, 0.1) is 6.92 Å². The van der Waals surface area contributed by atoms with Crippen molar-refractivity contribution in [2.45, 2.75) is 44.2 Å². The lowest BCUT2D eigenvalue weighted by Crippen LogP contribution is -2.59. The molecule has 9 heteroatoms. The largest absolute Gasteiger partial charge is 0.480 e. The van der Waals surface area contributed by atoms with Gasteiger partial charge in [-0.1, -0.05) is 48.5 Å². The number of thiazole rings is 1. The number of carboxylic acids is 1.